The van der Waals surface area contributed by atoms with E-state index in [4.69, 9.17) is 5.11 Å². The Labute approximate surface area is 146 Å². The van der Waals surface area contributed by atoms with Gasteiger partial charge in [0.25, 0.3) is 5.91 Å². The third-order valence-corrected chi connectivity index (χ3v) is 4.45. The van der Waals surface area contributed by atoms with E-state index in [1.807, 2.05) is 34.1 Å². The van der Waals surface area contributed by atoms with Crippen molar-refractivity contribution in [2.45, 2.75) is 13.3 Å². The number of benzene rings is 1. The number of hydrogen-bond acceptors (Lipinski definition) is 4. The number of aryl methyl sites for hydroxylation is 1. The predicted octanol–water partition coefficient (Wildman–Crippen LogP) is 2.30. The Kier molecular flexibility index (Phi) is 4.97. The summed E-state index contributed by atoms with van der Waals surface area (Å²) in [5, 5.41) is 9.05. The normalized spacial score (nSPS) is 14.4. The molecule has 1 aromatic heterocycles. The van der Waals surface area contributed by atoms with Gasteiger partial charge in [-0.05, 0) is 36.2 Å². The van der Waals surface area contributed by atoms with Gasteiger partial charge < -0.3 is 14.9 Å². The lowest BCUT2D eigenvalue weighted by molar-refractivity contribution is 0.0690. The van der Waals surface area contributed by atoms with Crippen LogP contribution in [0, 0.1) is 0 Å². The molecule has 1 amide bonds. The monoisotopic (exact) mass is 339 g/mol. The summed E-state index contributed by atoms with van der Waals surface area (Å²) in [6, 6.07) is 12.7. The van der Waals surface area contributed by atoms with E-state index in [-0.39, 0.29) is 11.6 Å². The molecule has 25 heavy (non-hydrogen) atoms. The van der Waals surface area contributed by atoms with Crippen molar-refractivity contribution in [1.29, 1.82) is 0 Å². The Morgan fingerprint density at radius 2 is 1.72 bits per heavy atom. The topological polar surface area (TPSA) is 73.7 Å². The highest BCUT2D eigenvalue weighted by Gasteiger charge is 2.23. The van der Waals surface area contributed by atoms with Crippen LogP contribution in [0.5, 0.6) is 0 Å². The molecule has 0 aliphatic carbocycles. The summed E-state index contributed by atoms with van der Waals surface area (Å²) < 4.78 is 0. The molecule has 0 unspecified atom stereocenters. The van der Waals surface area contributed by atoms with E-state index in [0.717, 1.165) is 6.42 Å². The standard InChI is InChI=1S/C19H21N3O3/c1-2-14-6-8-15(9-7-14)18(23)22-12-10-21(11-13-22)17-5-3-4-16(20-17)19(24)25/h3-9H,2,10-13H2,1H3,(H,24,25). The molecule has 1 aromatic carbocycles. The second kappa shape index (κ2) is 7.34. The van der Waals surface area contributed by atoms with E-state index in [1.54, 1.807) is 12.1 Å². The second-order valence-electron chi connectivity index (χ2n) is 6.02. The summed E-state index contributed by atoms with van der Waals surface area (Å²) in [6.45, 7) is 4.54. The molecule has 0 atom stereocenters. The highest BCUT2D eigenvalue weighted by Crippen LogP contribution is 2.16. The van der Waals surface area contributed by atoms with E-state index in [1.165, 1.54) is 11.6 Å². The molecular formula is C19H21N3O3. The molecule has 1 fully saturated rings. The Hall–Kier alpha value is -2.89. The van der Waals surface area contributed by atoms with Crippen LogP contribution in [0.25, 0.3) is 0 Å². The van der Waals surface area contributed by atoms with Gasteiger partial charge in [-0.25, -0.2) is 9.78 Å². The number of piperazine rings is 1. The molecule has 1 aliphatic rings. The molecule has 1 saturated heterocycles. The maximum atomic E-state index is 12.6. The van der Waals surface area contributed by atoms with Crippen LogP contribution < -0.4 is 4.90 Å². The highest BCUT2D eigenvalue weighted by molar-refractivity contribution is 5.94. The molecule has 2 aromatic rings. The molecule has 0 bridgehead atoms. The van der Waals surface area contributed by atoms with Crippen LogP contribution in [-0.2, 0) is 6.42 Å². The molecule has 1 N–H and O–H groups in total. The molecule has 3 rings (SSSR count). The number of nitrogens with zero attached hydrogens (tertiary/aromatic N) is 3. The molecule has 0 radical (unpaired) electrons. The van der Waals surface area contributed by atoms with E-state index < -0.39 is 5.97 Å². The van der Waals surface area contributed by atoms with E-state index in [0.29, 0.717) is 37.6 Å². The van der Waals surface area contributed by atoms with Crippen molar-refractivity contribution >= 4 is 17.7 Å². The number of carboxylic acids is 1. The van der Waals surface area contributed by atoms with Gasteiger partial charge in [-0.2, -0.15) is 0 Å². The maximum absolute atomic E-state index is 12.6. The lowest BCUT2D eigenvalue weighted by atomic mass is 10.1. The van der Waals surface area contributed by atoms with Gasteiger partial charge in [0.15, 0.2) is 5.69 Å². The number of pyridine rings is 1. The molecule has 130 valence electrons. The lowest BCUT2D eigenvalue weighted by Crippen LogP contribution is -2.49. The summed E-state index contributed by atoms with van der Waals surface area (Å²) in [4.78, 5) is 31.7. The van der Waals surface area contributed by atoms with Crippen LogP contribution in [0.4, 0.5) is 5.82 Å². The third-order valence-electron chi connectivity index (χ3n) is 4.45. The van der Waals surface area contributed by atoms with Crippen molar-refractivity contribution in [1.82, 2.24) is 9.88 Å². The number of carboxylic acid groups (broad SMARTS) is 1. The number of aromatic carboxylic acids is 1. The number of rotatable bonds is 4. The quantitative estimate of drug-likeness (QED) is 0.925. The first-order valence-corrected chi connectivity index (χ1v) is 8.42. The molecule has 0 spiro atoms. The zero-order chi connectivity index (χ0) is 17.8. The Balaban J connectivity index is 1.64. The van der Waals surface area contributed by atoms with Gasteiger partial charge in [-0.1, -0.05) is 25.1 Å². The van der Waals surface area contributed by atoms with Crippen molar-refractivity contribution in [2.75, 3.05) is 31.1 Å². The average molecular weight is 339 g/mol. The first kappa shape index (κ1) is 17.0. The maximum Gasteiger partial charge on any atom is 0.354 e. The molecule has 0 saturated carbocycles. The number of carbonyl (C=O) groups excluding carboxylic acids is 1. The lowest BCUT2D eigenvalue weighted by Gasteiger charge is -2.35. The van der Waals surface area contributed by atoms with Crippen molar-refractivity contribution in [3.05, 3.63) is 59.3 Å². The number of carbonyl (C=O) groups is 2. The van der Waals surface area contributed by atoms with Gasteiger partial charge in [-0.15, -0.1) is 0 Å². The van der Waals surface area contributed by atoms with Gasteiger partial charge >= 0.3 is 5.97 Å². The number of hydrogen-bond donors (Lipinski definition) is 1. The SMILES string of the molecule is CCc1ccc(C(=O)N2CCN(c3cccc(C(=O)O)n3)CC2)cc1. The predicted molar refractivity (Wildman–Crippen MR) is 95.1 cm³/mol. The van der Waals surface area contributed by atoms with E-state index in [9.17, 15) is 9.59 Å². The van der Waals surface area contributed by atoms with Crippen molar-refractivity contribution < 1.29 is 14.7 Å². The van der Waals surface area contributed by atoms with Crippen molar-refractivity contribution in [3.63, 3.8) is 0 Å². The van der Waals surface area contributed by atoms with Crippen LogP contribution in [0.1, 0.15) is 33.3 Å². The highest BCUT2D eigenvalue weighted by atomic mass is 16.4. The van der Waals surface area contributed by atoms with Crippen LogP contribution in [0.3, 0.4) is 0 Å². The number of anilines is 1. The average Bonchev–Trinajstić information content (AvgIpc) is 2.67. The zero-order valence-electron chi connectivity index (χ0n) is 14.2. The fourth-order valence-electron chi connectivity index (χ4n) is 2.92. The fraction of sp³-hybridized carbons (Fsp3) is 0.316. The van der Waals surface area contributed by atoms with Gasteiger partial charge in [0.2, 0.25) is 0 Å². The van der Waals surface area contributed by atoms with Gasteiger partial charge in [0.1, 0.15) is 5.82 Å². The summed E-state index contributed by atoms with van der Waals surface area (Å²) in [5.74, 6) is -0.361. The minimum Gasteiger partial charge on any atom is -0.477 e. The first-order chi connectivity index (χ1) is 12.1. The van der Waals surface area contributed by atoms with Gasteiger partial charge in [0, 0.05) is 31.7 Å². The molecule has 6 heteroatoms. The largest absolute Gasteiger partial charge is 0.477 e. The van der Waals surface area contributed by atoms with E-state index in [2.05, 4.69) is 11.9 Å². The smallest absolute Gasteiger partial charge is 0.354 e. The van der Waals surface area contributed by atoms with Crippen molar-refractivity contribution in [3.8, 4) is 0 Å². The molecule has 6 nitrogen and oxygen atoms in total. The number of aromatic nitrogens is 1. The van der Waals surface area contributed by atoms with Crippen LogP contribution in [0.2, 0.25) is 0 Å². The second-order valence-corrected chi connectivity index (χ2v) is 6.02. The zero-order valence-corrected chi connectivity index (χ0v) is 14.2. The van der Waals surface area contributed by atoms with Crippen LogP contribution in [-0.4, -0.2) is 53.0 Å². The van der Waals surface area contributed by atoms with E-state index >= 15 is 0 Å². The van der Waals surface area contributed by atoms with Crippen molar-refractivity contribution in [2.24, 2.45) is 0 Å². The first-order valence-electron chi connectivity index (χ1n) is 8.42. The third kappa shape index (κ3) is 3.79. The summed E-state index contributed by atoms with van der Waals surface area (Å²) >= 11 is 0. The van der Waals surface area contributed by atoms with Crippen LogP contribution >= 0.6 is 0 Å². The Bertz CT molecular complexity index is 766. The Morgan fingerprint density at radius 3 is 2.32 bits per heavy atom. The summed E-state index contributed by atoms with van der Waals surface area (Å²) in [7, 11) is 0. The summed E-state index contributed by atoms with van der Waals surface area (Å²) in [5.41, 5.74) is 1.95. The minimum absolute atomic E-state index is 0.0343. The van der Waals surface area contributed by atoms with Gasteiger partial charge in [-0.3, -0.25) is 4.79 Å². The number of amides is 1. The molecule has 2 heterocycles. The molecular weight excluding hydrogens is 318 g/mol. The van der Waals surface area contributed by atoms with Crippen LogP contribution in [0.15, 0.2) is 42.5 Å². The Morgan fingerprint density at radius 1 is 1.04 bits per heavy atom. The summed E-state index contributed by atoms with van der Waals surface area (Å²) in [6.07, 6.45) is 0.954. The molecule has 1 aliphatic heterocycles. The fourth-order valence-corrected chi connectivity index (χ4v) is 2.92. The minimum atomic E-state index is -1.04. The van der Waals surface area contributed by atoms with Gasteiger partial charge in [0.05, 0.1) is 0 Å².